The van der Waals surface area contributed by atoms with Crippen LogP contribution in [-0.2, 0) is 12.8 Å². The van der Waals surface area contributed by atoms with Gasteiger partial charge in [0, 0.05) is 37.0 Å². The van der Waals surface area contributed by atoms with E-state index in [4.69, 9.17) is 16.6 Å². The number of nitrogens with one attached hydrogen (secondary N) is 1. The van der Waals surface area contributed by atoms with E-state index in [1.54, 1.807) is 17.2 Å². The van der Waals surface area contributed by atoms with Crippen molar-refractivity contribution in [3.63, 3.8) is 0 Å². The first kappa shape index (κ1) is 15.3. The van der Waals surface area contributed by atoms with Crippen LogP contribution < -0.4 is 4.90 Å². The highest BCUT2D eigenvalue weighted by Crippen LogP contribution is 2.26. The Labute approximate surface area is 154 Å². The lowest BCUT2D eigenvalue weighted by molar-refractivity contribution is 0.763. The maximum absolute atomic E-state index is 6.43. The molecule has 5 rings (SSSR count). The van der Waals surface area contributed by atoms with Crippen molar-refractivity contribution < 1.29 is 0 Å². The van der Waals surface area contributed by atoms with Gasteiger partial charge in [0.2, 0.25) is 0 Å². The molecule has 1 aromatic carbocycles. The van der Waals surface area contributed by atoms with Crippen molar-refractivity contribution in [2.45, 2.75) is 12.8 Å². The van der Waals surface area contributed by atoms with Crippen LogP contribution in [0.15, 0.2) is 43.0 Å². The van der Waals surface area contributed by atoms with E-state index >= 15 is 0 Å². The van der Waals surface area contributed by atoms with Crippen LogP contribution in [0, 0.1) is 0 Å². The zero-order valence-corrected chi connectivity index (χ0v) is 14.7. The molecule has 0 unspecified atom stereocenters. The Balaban J connectivity index is 1.52. The number of halogens is 1. The average Bonchev–Trinajstić information content (AvgIpc) is 3.25. The Kier molecular flexibility index (Phi) is 3.60. The summed E-state index contributed by atoms with van der Waals surface area (Å²) >= 11 is 6.43. The smallest absolute Gasteiger partial charge is 0.253 e. The molecule has 8 heteroatoms. The van der Waals surface area contributed by atoms with Gasteiger partial charge in [0.25, 0.3) is 5.95 Å². The maximum atomic E-state index is 6.43. The number of anilines is 1. The van der Waals surface area contributed by atoms with Crippen LogP contribution in [0.2, 0.25) is 5.02 Å². The average molecular weight is 366 g/mol. The number of fused-ring (bicyclic) bond motifs is 2. The lowest BCUT2D eigenvalue weighted by Gasteiger charge is -2.22. The Morgan fingerprint density at radius 3 is 2.88 bits per heavy atom. The summed E-state index contributed by atoms with van der Waals surface area (Å²) in [5, 5.41) is 6.03. The molecular formula is C18H16ClN7. The van der Waals surface area contributed by atoms with E-state index in [0.717, 1.165) is 48.3 Å². The van der Waals surface area contributed by atoms with Gasteiger partial charge in [0.1, 0.15) is 5.02 Å². The van der Waals surface area contributed by atoms with Crippen LogP contribution in [0.1, 0.15) is 11.4 Å². The van der Waals surface area contributed by atoms with Crippen LogP contribution in [0.25, 0.3) is 16.9 Å². The van der Waals surface area contributed by atoms with Gasteiger partial charge in [-0.25, -0.2) is 9.97 Å². The number of aromatic amines is 1. The van der Waals surface area contributed by atoms with Crippen molar-refractivity contribution in [1.29, 1.82) is 0 Å². The predicted molar refractivity (Wildman–Crippen MR) is 99.9 cm³/mol. The van der Waals surface area contributed by atoms with Gasteiger partial charge >= 0.3 is 0 Å². The molecule has 130 valence electrons. The van der Waals surface area contributed by atoms with E-state index in [9.17, 15) is 0 Å². The number of hydrogen-bond donors (Lipinski definition) is 1. The van der Waals surface area contributed by atoms with E-state index in [0.29, 0.717) is 11.0 Å². The second kappa shape index (κ2) is 6.10. The molecule has 0 spiro atoms. The first-order valence-corrected chi connectivity index (χ1v) is 8.89. The second-order valence-electron chi connectivity index (χ2n) is 6.27. The van der Waals surface area contributed by atoms with Crippen molar-refractivity contribution in [2.75, 3.05) is 18.0 Å². The topological polar surface area (TPSA) is 75.5 Å². The highest BCUT2D eigenvalue weighted by atomic mass is 35.5. The van der Waals surface area contributed by atoms with Crippen molar-refractivity contribution in [3.8, 4) is 5.95 Å². The molecule has 0 radical (unpaired) electrons. The molecule has 1 aliphatic rings. The van der Waals surface area contributed by atoms with Crippen LogP contribution in [0.5, 0.6) is 0 Å². The Morgan fingerprint density at radius 2 is 1.92 bits per heavy atom. The van der Waals surface area contributed by atoms with E-state index in [-0.39, 0.29) is 0 Å². The number of hydrogen-bond acceptors (Lipinski definition) is 5. The van der Waals surface area contributed by atoms with Gasteiger partial charge in [0.15, 0.2) is 5.82 Å². The standard InChI is InChI=1S/C18H16ClN7/c19-13-10-20-18(26-16-4-2-1-3-12(16)9-23-26)24-17(13)25-7-5-14-15(6-8-25)22-11-21-14/h1-4,9-11H,5-8H2,(H,21,22). The number of para-hydroxylation sites is 1. The summed E-state index contributed by atoms with van der Waals surface area (Å²) in [4.78, 5) is 18.9. The lowest BCUT2D eigenvalue weighted by atomic mass is 10.2. The van der Waals surface area contributed by atoms with Gasteiger partial charge in [-0.15, -0.1) is 0 Å². The first-order chi connectivity index (χ1) is 12.8. The summed E-state index contributed by atoms with van der Waals surface area (Å²) in [6.45, 7) is 1.64. The molecule has 4 aromatic rings. The van der Waals surface area contributed by atoms with Crippen molar-refractivity contribution in [1.82, 2.24) is 29.7 Å². The van der Waals surface area contributed by atoms with Gasteiger partial charge < -0.3 is 9.88 Å². The molecule has 0 saturated heterocycles. The molecule has 7 nitrogen and oxygen atoms in total. The third-order valence-electron chi connectivity index (χ3n) is 4.74. The Morgan fingerprint density at radius 1 is 1.04 bits per heavy atom. The Bertz CT molecular complexity index is 1060. The van der Waals surface area contributed by atoms with E-state index in [1.165, 1.54) is 5.69 Å². The van der Waals surface area contributed by atoms with Crippen LogP contribution in [-0.4, -0.2) is 42.8 Å². The van der Waals surface area contributed by atoms with E-state index in [2.05, 4.69) is 25.0 Å². The zero-order valence-electron chi connectivity index (χ0n) is 13.9. The zero-order chi connectivity index (χ0) is 17.5. The van der Waals surface area contributed by atoms with E-state index in [1.807, 2.05) is 30.5 Å². The molecule has 0 bridgehead atoms. The largest absolute Gasteiger partial charge is 0.354 e. The van der Waals surface area contributed by atoms with Gasteiger partial charge in [-0.1, -0.05) is 29.8 Å². The number of imidazole rings is 1. The minimum Gasteiger partial charge on any atom is -0.354 e. The summed E-state index contributed by atoms with van der Waals surface area (Å²) in [6, 6.07) is 7.99. The molecular weight excluding hydrogens is 350 g/mol. The normalized spacial score (nSPS) is 14.4. The third kappa shape index (κ3) is 2.52. The Hall–Kier alpha value is -2.93. The molecule has 0 aliphatic carbocycles. The molecule has 4 heterocycles. The fraction of sp³-hybridized carbons (Fsp3) is 0.222. The van der Waals surface area contributed by atoms with Crippen molar-refractivity contribution in [3.05, 3.63) is 59.4 Å². The number of rotatable bonds is 2. The monoisotopic (exact) mass is 365 g/mol. The van der Waals surface area contributed by atoms with Gasteiger partial charge in [0.05, 0.1) is 29.9 Å². The summed E-state index contributed by atoms with van der Waals surface area (Å²) in [5.41, 5.74) is 3.28. The van der Waals surface area contributed by atoms with Crippen molar-refractivity contribution in [2.24, 2.45) is 0 Å². The lowest BCUT2D eigenvalue weighted by Crippen LogP contribution is -2.28. The first-order valence-electron chi connectivity index (χ1n) is 8.51. The summed E-state index contributed by atoms with van der Waals surface area (Å²) < 4.78 is 1.75. The molecule has 0 amide bonds. The minimum atomic E-state index is 0.520. The highest BCUT2D eigenvalue weighted by Gasteiger charge is 2.20. The summed E-state index contributed by atoms with van der Waals surface area (Å²) in [7, 11) is 0. The van der Waals surface area contributed by atoms with Gasteiger partial charge in [-0.05, 0) is 6.07 Å². The summed E-state index contributed by atoms with van der Waals surface area (Å²) in [6.07, 6.45) is 6.98. The molecule has 1 N–H and O–H groups in total. The maximum Gasteiger partial charge on any atom is 0.253 e. The van der Waals surface area contributed by atoms with Crippen molar-refractivity contribution >= 4 is 28.3 Å². The number of aromatic nitrogens is 6. The van der Waals surface area contributed by atoms with Crippen LogP contribution in [0.3, 0.4) is 0 Å². The van der Waals surface area contributed by atoms with Gasteiger partial charge in [-0.2, -0.15) is 14.8 Å². The molecule has 1 aliphatic heterocycles. The fourth-order valence-corrected chi connectivity index (χ4v) is 3.61. The second-order valence-corrected chi connectivity index (χ2v) is 6.68. The SMILES string of the molecule is Clc1cnc(-n2ncc3ccccc32)nc1N1CCc2nc[nH]c2CC1. The number of H-pyrrole nitrogens is 1. The molecule has 0 saturated carbocycles. The minimum absolute atomic E-state index is 0.520. The predicted octanol–water partition coefficient (Wildman–Crippen LogP) is 2.80. The molecule has 26 heavy (non-hydrogen) atoms. The molecule has 3 aromatic heterocycles. The molecule has 0 atom stereocenters. The number of benzene rings is 1. The van der Waals surface area contributed by atoms with Crippen LogP contribution >= 0.6 is 11.6 Å². The number of nitrogens with zero attached hydrogens (tertiary/aromatic N) is 6. The highest BCUT2D eigenvalue weighted by molar-refractivity contribution is 6.32. The quantitative estimate of drug-likeness (QED) is 0.591. The third-order valence-corrected chi connectivity index (χ3v) is 5.00. The van der Waals surface area contributed by atoms with Crippen LogP contribution in [0.4, 0.5) is 5.82 Å². The molecule has 0 fully saturated rings. The summed E-state index contributed by atoms with van der Waals surface area (Å²) in [5.74, 6) is 1.26. The fourth-order valence-electron chi connectivity index (χ4n) is 3.40. The van der Waals surface area contributed by atoms with E-state index < -0.39 is 0 Å². The van der Waals surface area contributed by atoms with Gasteiger partial charge in [-0.3, -0.25) is 0 Å².